The fourth-order valence-corrected chi connectivity index (χ4v) is 4.80. The number of ether oxygens (including phenoxy) is 1. The Kier molecular flexibility index (Phi) is 5.53. The molecule has 2 amide bonds. The lowest BCUT2D eigenvalue weighted by molar-refractivity contribution is 0.0607. The summed E-state index contributed by atoms with van der Waals surface area (Å²) in [4.78, 5) is 25.3. The fourth-order valence-electron chi connectivity index (χ4n) is 2.46. The number of carbonyl (C=O) groups is 2. The van der Waals surface area contributed by atoms with Crippen LogP contribution in [0.2, 0.25) is 0 Å². The van der Waals surface area contributed by atoms with Crippen molar-refractivity contribution in [3.05, 3.63) is 65.5 Å². The molecule has 1 atom stereocenters. The van der Waals surface area contributed by atoms with Crippen LogP contribution in [0.3, 0.4) is 0 Å². The molecule has 28 heavy (non-hydrogen) atoms. The molecule has 3 aromatic rings. The Morgan fingerprint density at radius 1 is 1.04 bits per heavy atom. The Bertz CT molecular complexity index is 1140. The van der Waals surface area contributed by atoms with Crippen molar-refractivity contribution in [3.8, 4) is 0 Å². The van der Waals surface area contributed by atoms with E-state index in [1.54, 1.807) is 56.5 Å². The molecule has 6 nitrogen and oxygen atoms in total. The number of nitrogens with one attached hydrogen (secondary N) is 1. The van der Waals surface area contributed by atoms with Crippen molar-refractivity contribution in [2.75, 3.05) is 0 Å². The molecular formula is C20H20N2O4S2. The molecule has 0 fully saturated rings. The highest BCUT2D eigenvalue weighted by molar-refractivity contribution is 7.92. The molecule has 3 rings (SSSR count). The molecule has 8 heteroatoms. The second-order valence-electron chi connectivity index (χ2n) is 6.99. The van der Waals surface area contributed by atoms with Crippen molar-refractivity contribution in [2.24, 2.45) is 4.36 Å². The molecule has 0 bridgehead atoms. The lowest BCUT2D eigenvalue weighted by Crippen LogP contribution is -2.32. The Labute approximate surface area is 167 Å². The highest BCUT2D eigenvalue weighted by atomic mass is 32.2. The van der Waals surface area contributed by atoms with E-state index in [0.29, 0.717) is 5.56 Å². The maximum atomic E-state index is 13.5. The third kappa shape index (κ3) is 4.58. The molecule has 0 aliphatic rings. The van der Waals surface area contributed by atoms with Gasteiger partial charge in [-0.3, -0.25) is 9.52 Å². The minimum Gasteiger partial charge on any atom is -0.442 e. The summed E-state index contributed by atoms with van der Waals surface area (Å²) in [5.74, 6) is -0.571. The van der Waals surface area contributed by atoms with Gasteiger partial charge in [0.25, 0.3) is 5.91 Å². The van der Waals surface area contributed by atoms with Crippen molar-refractivity contribution < 1.29 is 18.5 Å². The number of rotatable bonds is 3. The van der Waals surface area contributed by atoms with E-state index >= 15 is 0 Å². The summed E-state index contributed by atoms with van der Waals surface area (Å²) >= 11 is 1.41. The van der Waals surface area contributed by atoms with Gasteiger partial charge in [0, 0.05) is 15.5 Å². The van der Waals surface area contributed by atoms with E-state index in [1.165, 1.54) is 11.3 Å². The quantitative estimate of drug-likeness (QED) is 0.650. The Morgan fingerprint density at radius 3 is 2.36 bits per heavy atom. The van der Waals surface area contributed by atoms with E-state index in [0.717, 1.165) is 10.1 Å². The third-order valence-corrected chi connectivity index (χ3v) is 6.36. The predicted octanol–water partition coefficient (Wildman–Crippen LogP) is 5.01. The average Bonchev–Trinajstić information content (AvgIpc) is 3.05. The fraction of sp³-hybridized carbons (Fsp3) is 0.200. The van der Waals surface area contributed by atoms with E-state index < -0.39 is 27.5 Å². The van der Waals surface area contributed by atoms with Gasteiger partial charge in [-0.15, -0.1) is 15.7 Å². The standard InChI is InChI=1S/C20H20N2O4S2/c1-20(2,3)26-19(24)22-28(25,14-9-5-4-6-10-14)21-18(23)16-13-27-17-12-8-7-11-15(16)17/h4-13H,1-3H3,(H,21,22,23,24,25). The van der Waals surface area contributed by atoms with E-state index in [2.05, 4.69) is 9.08 Å². The monoisotopic (exact) mass is 416 g/mol. The molecule has 0 saturated carbocycles. The zero-order valence-electron chi connectivity index (χ0n) is 15.7. The van der Waals surface area contributed by atoms with Gasteiger partial charge in [-0.25, -0.2) is 9.00 Å². The van der Waals surface area contributed by atoms with Gasteiger partial charge in [-0.2, -0.15) is 0 Å². The molecule has 0 radical (unpaired) electrons. The maximum absolute atomic E-state index is 13.5. The molecule has 0 spiro atoms. The lowest BCUT2D eigenvalue weighted by Gasteiger charge is -2.18. The van der Waals surface area contributed by atoms with Crippen LogP contribution >= 0.6 is 11.3 Å². The van der Waals surface area contributed by atoms with Crippen molar-refractivity contribution in [3.63, 3.8) is 0 Å². The number of hydrogen-bond acceptors (Lipinski definition) is 5. The summed E-state index contributed by atoms with van der Waals surface area (Å²) in [6, 6.07) is 15.6. The van der Waals surface area contributed by atoms with Crippen LogP contribution in [0.4, 0.5) is 4.79 Å². The first kappa shape index (κ1) is 20.0. The van der Waals surface area contributed by atoms with Gasteiger partial charge >= 0.3 is 6.09 Å². The number of amides is 2. The molecule has 1 heterocycles. The Balaban J connectivity index is 2.01. The van der Waals surface area contributed by atoms with Crippen LogP contribution < -0.4 is 4.72 Å². The first-order chi connectivity index (χ1) is 13.2. The molecule has 0 saturated heterocycles. The van der Waals surface area contributed by atoms with Gasteiger partial charge in [0.15, 0.2) is 9.92 Å². The predicted molar refractivity (Wildman–Crippen MR) is 111 cm³/mol. The van der Waals surface area contributed by atoms with Crippen molar-refractivity contribution >= 4 is 43.3 Å². The summed E-state index contributed by atoms with van der Waals surface area (Å²) in [6.45, 7) is 5.04. The van der Waals surface area contributed by atoms with Crippen molar-refractivity contribution in [2.45, 2.75) is 31.3 Å². The minimum absolute atomic E-state index is 0.216. The number of carbonyl (C=O) groups excluding carboxylic acids is 2. The zero-order chi connectivity index (χ0) is 20.4. The van der Waals surface area contributed by atoms with Gasteiger partial charge in [-0.1, -0.05) is 36.4 Å². The molecule has 0 aliphatic carbocycles. The summed E-state index contributed by atoms with van der Waals surface area (Å²) in [5.41, 5.74) is -0.422. The smallest absolute Gasteiger partial charge is 0.442 e. The third-order valence-electron chi connectivity index (χ3n) is 3.62. The van der Waals surface area contributed by atoms with Crippen LogP contribution in [0, 0.1) is 0 Å². The zero-order valence-corrected chi connectivity index (χ0v) is 17.3. The van der Waals surface area contributed by atoms with Gasteiger partial charge < -0.3 is 4.74 Å². The number of nitrogens with zero attached hydrogens (tertiary/aromatic N) is 1. The lowest BCUT2D eigenvalue weighted by atomic mass is 10.2. The highest BCUT2D eigenvalue weighted by Crippen LogP contribution is 2.26. The Morgan fingerprint density at radius 2 is 1.68 bits per heavy atom. The van der Waals surface area contributed by atoms with Gasteiger partial charge in [-0.05, 0) is 39.0 Å². The van der Waals surface area contributed by atoms with Crippen molar-refractivity contribution in [1.82, 2.24) is 4.72 Å². The topological polar surface area (TPSA) is 84.8 Å². The molecule has 2 aromatic carbocycles. The first-order valence-electron chi connectivity index (χ1n) is 8.51. The molecule has 0 aliphatic heterocycles. The van der Waals surface area contributed by atoms with Gasteiger partial charge in [0.1, 0.15) is 5.60 Å². The van der Waals surface area contributed by atoms with Gasteiger partial charge in [0.05, 0.1) is 10.5 Å². The molecule has 1 N–H and O–H groups in total. The highest BCUT2D eigenvalue weighted by Gasteiger charge is 2.23. The van der Waals surface area contributed by atoms with Crippen LogP contribution in [0.1, 0.15) is 31.1 Å². The van der Waals surface area contributed by atoms with Crippen LogP contribution in [0.25, 0.3) is 10.1 Å². The van der Waals surface area contributed by atoms with Crippen molar-refractivity contribution in [1.29, 1.82) is 0 Å². The van der Waals surface area contributed by atoms with Crippen LogP contribution in [0.15, 0.2) is 69.2 Å². The van der Waals surface area contributed by atoms with Crippen LogP contribution in [-0.4, -0.2) is 21.8 Å². The summed E-state index contributed by atoms with van der Waals surface area (Å²) in [6.07, 6.45) is -1.00. The van der Waals surface area contributed by atoms with E-state index in [4.69, 9.17) is 4.74 Å². The second kappa shape index (κ2) is 7.73. The average molecular weight is 417 g/mol. The second-order valence-corrected chi connectivity index (χ2v) is 9.81. The van der Waals surface area contributed by atoms with Gasteiger partial charge in [0.2, 0.25) is 0 Å². The maximum Gasteiger partial charge on any atom is 0.444 e. The summed E-state index contributed by atoms with van der Waals surface area (Å²) in [5, 5.41) is 2.44. The largest absolute Gasteiger partial charge is 0.444 e. The SMILES string of the molecule is CC(C)(C)OC(=O)N=S(=O)(NC(=O)c1csc2ccccc12)c1ccccc1. The van der Waals surface area contributed by atoms with Crippen LogP contribution in [0.5, 0.6) is 0 Å². The van der Waals surface area contributed by atoms with E-state index in [9.17, 15) is 13.8 Å². The number of thiophene rings is 1. The summed E-state index contributed by atoms with van der Waals surface area (Å²) in [7, 11) is -3.58. The normalized spacial score (nSPS) is 13.5. The Hall–Kier alpha value is -2.71. The number of fused-ring (bicyclic) bond motifs is 1. The van der Waals surface area contributed by atoms with E-state index in [1.807, 2.05) is 24.3 Å². The molecule has 1 unspecified atom stereocenters. The molecule has 146 valence electrons. The summed E-state index contributed by atoms with van der Waals surface area (Å²) < 4.78 is 25.8. The molecule has 1 aromatic heterocycles. The minimum atomic E-state index is -3.58. The number of benzene rings is 2. The van der Waals surface area contributed by atoms with Crippen LogP contribution in [-0.2, 0) is 14.7 Å². The molecular weight excluding hydrogens is 396 g/mol. The number of hydrogen-bond donors (Lipinski definition) is 1. The first-order valence-corrected chi connectivity index (χ1v) is 10.9. The van der Waals surface area contributed by atoms with E-state index in [-0.39, 0.29) is 4.90 Å².